The fourth-order valence-corrected chi connectivity index (χ4v) is 2.18. The summed E-state index contributed by atoms with van der Waals surface area (Å²) >= 11 is 0. The zero-order chi connectivity index (χ0) is 13.4. The Morgan fingerprint density at radius 2 is 2.32 bits per heavy atom. The number of nitrogens with zero attached hydrogens (tertiary/aromatic N) is 4. The monoisotopic (exact) mass is 269 g/mol. The predicted octanol–water partition coefficient (Wildman–Crippen LogP) is 0.245. The van der Waals surface area contributed by atoms with Crippen LogP contribution in [-0.4, -0.2) is 48.7 Å². The second-order valence-electron chi connectivity index (χ2n) is 4.24. The van der Waals surface area contributed by atoms with E-state index in [9.17, 15) is 4.39 Å². The molecular formula is C10H12FN5O3. The number of halogens is 1. The lowest BCUT2D eigenvalue weighted by molar-refractivity contribution is -0.0351. The third kappa shape index (κ3) is 1.91. The van der Waals surface area contributed by atoms with Gasteiger partial charge in [0.1, 0.15) is 12.5 Å². The standard InChI is InChI=1S/C10H12FN5O3/c11-6-1-5(2-17)19-10(6)16-4-14-7-8(15-18)12-3-13-9(7)16/h3-6,10,17-18H,1-2H2,(H,12,13,15)/t5-,6+,10+/m0/s1. The van der Waals surface area contributed by atoms with Gasteiger partial charge in [0.15, 0.2) is 23.2 Å². The number of hydrogen-bond donors (Lipinski definition) is 3. The van der Waals surface area contributed by atoms with Crippen LogP contribution in [0.3, 0.4) is 0 Å². The number of imidazole rings is 1. The first-order valence-electron chi connectivity index (χ1n) is 5.72. The SMILES string of the molecule is OC[C@@H]1C[C@@H](F)[C@H](n2cnc3c(NO)ncnc32)O1. The Labute approximate surface area is 106 Å². The molecule has 0 aliphatic carbocycles. The molecule has 0 spiro atoms. The summed E-state index contributed by atoms with van der Waals surface area (Å²) in [5, 5.41) is 17.9. The minimum Gasteiger partial charge on any atom is -0.394 e. The average Bonchev–Trinajstić information content (AvgIpc) is 3.01. The van der Waals surface area contributed by atoms with Crippen LogP contribution in [0.5, 0.6) is 0 Å². The van der Waals surface area contributed by atoms with E-state index in [-0.39, 0.29) is 18.8 Å². The van der Waals surface area contributed by atoms with Gasteiger partial charge < -0.3 is 9.84 Å². The Balaban J connectivity index is 2.02. The highest BCUT2D eigenvalue weighted by Crippen LogP contribution is 2.33. The van der Waals surface area contributed by atoms with Crippen molar-refractivity contribution in [2.75, 3.05) is 12.1 Å². The molecule has 2 aromatic rings. The van der Waals surface area contributed by atoms with Gasteiger partial charge in [0, 0.05) is 6.42 Å². The van der Waals surface area contributed by atoms with Crippen molar-refractivity contribution in [3.63, 3.8) is 0 Å². The first-order chi connectivity index (χ1) is 9.24. The molecule has 19 heavy (non-hydrogen) atoms. The molecule has 3 heterocycles. The molecule has 0 aromatic carbocycles. The maximum atomic E-state index is 13.9. The van der Waals surface area contributed by atoms with E-state index in [1.807, 2.05) is 5.48 Å². The molecule has 0 radical (unpaired) electrons. The number of aliphatic hydroxyl groups excluding tert-OH is 1. The Hall–Kier alpha value is -1.84. The van der Waals surface area contributed by atoms with Gasteiger partial charge >= 0.3 is 0 Å². The molecule has 102 valence electrons. The fraction of sp³-hybridized carbons (Fsp3) is 0.500. The van der Waals surface area contributed by atoms with Crippen molar-refractivity contribution in [2.45, 2.75) is 24.9 Å². The number of aliphatic hydroxyl groups is 1. The molecule has 3 N–H and O–H groups in total. The Morgan fingerprint density at radius 1 is 1.47 bits per heavy atom. The highest BCUT2D eigenvalue weighted by Gasteiger charge is 2.37. The van der Waals surface area contributed by atoms with Crippen molar-refractivity contribution in [1.29, 1.82) is 0 Å². The number of hydrogen-bond acceptors (Lipinski definition) is 7. The summed E-state index contributed by atoms with van der Waals surface area (Å²) in [5.41, 5.74) is 2.56. The highest BCUT2D eigenvalue weighted by molar-refractivity contribution is 5.82. The van der Waals surface area contributed by atoms with Crippen molar-refractivity contribution in [3.8, 4) is 0 Å². The molecule has 1 fully saturated rings. The number of anilines is 1. The van der Waals surface area contributed by atoms with Crippen LogP contribution in [0.25, 0.3) is 11.2 Å². The van der Waals surface area contributed by atoms with E-state index in [0.29, 0.717) is 11.2 Å². The van der Waals surface area contributed by atoms with Gasteiger partial charge in [-0.25, -0.2) is 19.3 Å². The molecule has 1 aliphatic heterocycles. The van der Waals surface area contributed by atoms with Crippen LogP contribution in [0.4, 0.5) is 10.2 Å². The van der Waals surface area contributed by atoms with Gasteiger partial charge in [0.25, 0.3) is 0 Å². The Morgan fingerprint density at radius 3 is 3.00 bits per heavy atom. The summed E-state index contributed by atoms with van der Waals surface area (Å²) in [5.74, 6) is 0.135. The smallest absolute Gasteiger partial charge is 0.181 e. The van der Waals surface area contributed by atoms with Crippen LogP contribution in [0, 0.1) is 0 Å². The summed E-state index contributed by atoms with van der Waals surface area (Å²) in [4.78, 5) is 11.8. The van der Waals surface area contributed by atoms with Gasteiger partial charge in [-0.1, -0.05) is 0 Å². The van der Waals surface area contributed by atoms with Crippen LogP contribution in [0.15, 0.2) is 12.7 Å². The highest BCUT2D eigenvalue weighted by atomic mass is 19.1. The molecule has 3 rings (SSSR count). The zero-order valence-electron chi connectivity index (χ0n) is 9.77. The quantitative estimate of drug-likeness (QED) is 0.685. The number of ether oxygens (including phenoxy) is 1. The largest absolute Gasteiger partial charge is 0.394 e. The van der Waals surface area contributed by atoms with Crippen LogP contribution in [0.2, 0.25) is 0 Å². The molecule has 3 atom stereocenters. The van der Waals surface area contributed by atoms with Gasteiger partial charge in [-0.2, -0.15) is 0 Å². The summed E-state index contributed by atoms with van der Waals surface area (Å²) < 4.78 is 20.7. The number of fused-ring (bicyclic) bond motifs is 1. The molecular weight excluding hydrogens is 257 g/mol. The van der Waals surface area contributed by atoms with Crippen molar-refractivity contribution < 1.29 is 19.4 Å². The summed E-state index contributed by atoms with van der Waals surface area (Å²) in [6.07, 6.45) is 0.0484. The van der Waals surface area contributed by atoms with E-state index in [1.165, 1.54) is 17.2 Å². The van der Waals surface area contributed by atoms with E-state index in [2.05, 4.69) is 15.0 Å². The lowest BCUT2D eigenvalue weighted by atomic mass is 10.2. The normalized spacial score (nSPS) is 27.0. The van der Waals surface area contributed by atoms with E-state index < -0.39 is 18.5 Å². The van der Waals surface area contributed by atoms with Gasteiger partial charge in [0.05, 0.1) is 19.0 Å². The van der Waals surface area contributed by atoms with Crippen molar-refractivity contribution in [3.05, 3.63) is 12.7 Å². The second kappa shape index (κ2) is 4.68. The average molecular weight is 269 g/mol. The van der Waals surface area contributed by atoms with Crippen LogP contribution in [-0.2, 0) is 4.74 Å². The second-order valence-corrected chi connectivity index (χ2v) is 4.24. The minimum atomic E-state index is -1.25. The number of alkyl halides is 1. The molecule has 1 aliphatic rings. The fourth-order valence-electron chi connectivity index (χ4n) is 2.18. The summed E-state index contributed by atoms with van der Waals surface area (Å²) in [6.45, 7) is -0.234. The van der Waals surface area contributed by atoms with Gasteiger partial charge in [-0.3, -0.25) is 15.3 Å². The van der Waals surface area contributed by atoms with E-state index in [4.69, 9.17) is 15.1 Å². The van der Waals surface area contributed by atoms with Gasteiger partial charge in [0.2, 0.25) is 0 Å². The lowest BCUT2D eigenvalue weighted by Crippen LogP contribution is -2.16. The zero-order valence-corrected chi connectivity index (χ0v) is 9.77. The van der Waals surface area contributed by atoms with E-state index in [0.717, 1.165) is 0 Å². The Kier molecular flexibility index (Phi) is 3.01. The topological polar surface area (TPSA) is 105 Å². The first-order valence-corrected chi connectivity index (χ1v) is 5.72. The molecule has 9 heteroatoms. The molecule has 0 amide bonds. The number of nitrogens with one attached hydrogen (secondary N) is 1. The minimum absolute atomic E-state index is 0.122. The number of rotatable bonds is 3. The maximum Gasteiger partial charge on any atom is 0.181 e. The van der Waals surface area contributed by atoms with Crippen molar-refractivity contribution >= 4 is 17.0 Å². The molecule has 8 nitrogen and oxygen atoms in total. The van der Waals surface area contributed by atoms with Gasteiger partial charge in [-0.15, -0.1) is 0 Å². The number of aromatic nitrogens is 4. The van der Waals surface area contributed by atoms with Crippen LogP contribution in [0.1, 0.15) is 12.6 Å². The molecule has 0 bridgehead atoms. The summed E-state index contributed by atoms with van der Waals surface area (Å²) in [7, 11) is 0. The molecule has 2 aromatic heterocycles. The maximum absolute atomic E-state index is 13.9. The van der Waals surface area contributed by atoms with Crippen molar-refractivity contribution in [1.82, 2.24) is 19.5 Å². The Bertz CT molecular complexity index is 592. The van der Waals surface area contributed by atoms with E-state index >= 15 is 0 Å². The van der Waals surface area contributed by atoms with Crippen molar-refractivity contribution in [2.24, 2.45) is 0 Å². The molecule has 0 unspecified atom stereocenters. The third-order valence-electron chi connectivity index (χ3n) is 3.07. The lowest BCUT2D eigenvalue weighted by Gasteiger charge is -2.15. The predicted molar refractivity (Wildman–Crippen MR) is 61.2 cm³/mol. The third-order valence-corrected chi connectivity index (χ3v) is 3.07. The van der Waals surface area contributed by atoms with Gasteiger partial charge in [-0.05, 0) is 0 Å². The van der Waals surface area contributed by atoms with Crippen LogP contribution >= 0.6 is 0 Å². The molecule has 1 saturated heterocycles. The van der Waals surface area contributed by atoms with E-state index in [1.54, 1.807) is 0 Å². The van der Waals surface area contributed by atoms with Crippen LogP contribution < -0.4 is 5.48 Å². The molecule has 0 saturated carbocycles. The first kappa shape index (κ1) is 12.2. The summed E-state index contributed by atoms with van der Waals surface area (Å²) in [6, 6.07) is 0.